The summed E-state index contributed by atoms with van der Waals surface area (Å²) in [6, 6.07) is 5.00. The van der Waals surface area contributed by atoms with Gasteiger partial charge in [-0.25, -0.2) is 0 Å². The number of nitro benzene ring substituents is 1. The maximum Gasteiger partial charge on any atom is 0.271 e. The van der Waals surface area contributed by atoms with Gasteiger partial charge >= 0.3 is 0 Å². The van der Waals surface area contributed by atoms with Gasteiger partial charge in [0.05, 0.1) is 17.7 Å². The Hall–Kier alpha value is -1.78. The lowest BCUT2D eigenvalue weighted by molar-refractivity contribution is -0.384. The van der Waals surface area contributed by atoms with E-state index in [0.29, 0.717) is 28.8 Å². The third-order valence-electron chi connectivity index (χ3n) is 4.14. The van der Waals surface area contributed by atoms with E-state index in [2.05, 4.69) is 26.1 Å². The van der Waals surface area contributed by atoms with E-state index in [1.165, 1.54) is 12.5 Å². The molecule has 0 aliphatic heterocycles. The molecule has 0 amide bonds. The molecule has 0 bridgehead atoms. The van der Waals surface area contributed by atoms with Crippen LogP contribution in [0, 0.1) is 21.4 Å². The molecule has 2 rings (SSSR count). The predicted octanol–water partition coefficient (Wildman–Crippen LogP) is 4.23. The molecule has 5 heteroatoms. The van der Waals surface area contributed by atoms with Crippen molar-refractivity contribution in [1.82, 2.24) is 0 Å². The Bertz CT molecular complexity index is 528. The van der Waals surface area contributed by atoms with Crippen molar-refractivity contribution in [3.05, 3.63) is 28.3 Å². The van der Waals surface area contributed by atoms with E-state index < -0.39 is 0 Å². The number of hydrogen-bond donors (Lipinski definition) is 1. The fourth-order valence-electron chi connectivity index (χ4n) is 3.60. The van der Waals surface area contributed by atoms with Gasteiger partial charge in [-0.1, -0.05) is 20.8 Å². The number of rotatable bonds is 4. The number of ether oxygens (including phenoxy) is 1. The SMILES string of the molecule is COc1ccc([N+](=O)[O-])cc1NC1CC(C)CC(C)(C)C1. The minimum atomic E-state index is -0.377. The van der Waals surface area contributed by atoms with E-state index in [1.807, 2.05) is 0 Å². The molecule has 0 heterocycles. The minimum absolute atomic E-state index is 0.0846. The molecule has 1 aliphatic carbocycles. The molecule has 2 atom stereocenters. The number of nitro groups is 1. The van der Waals surface area contributed by atoms with Crippen molar-refractivity contribution in [3.63, 3.8) is 0 Å². The maximum atomic E-state index is 10.9. The Morgan fingerprint density at radius 1 is 1.38 bits per heavy atom. The van der Waals surface area contributed by atoms with Crippen LogP contribution in [-0.4, -0.2) is 18.1 Å². The van der Waals surface area contributed by atoms with Gasteiger partial charge in [-0.15, -0.1) is 0 Å². The Morgan fingerprint density at radius 3 is 2.67 bits per heavy atom. The topological polar surface area (TPSA) is 64.4 Å². The molecule has 21 heavy (non-hydrogen) atoms. The van der Waals surface area contributed by atoms with Gasteiger partial charge in [0.2, 0.25) is 0 Å². The van der Waals surface area contributed by atoms with Gasteiger partial charge in [-0.05, 0) is 36.7 Å². The molecule has 1 N–H and O–H groups in total. The summed E-state index contributed by atoms with van der Waals surface area (Å²) >= 11 is 0. The lowest BCUT2D eigenvalue weighted by Crippen LogP contribution is -2.35. The first-order valence-corrected chi connectivity index (χ1v) is 7.40. The average molecular weight is 292 g/mol. The molecule has 1 aliphatic rings. The zero-order valence-electron chi connectivity index (χ0n) is 13.2. The van der Waals surface area contributed by atoms with E-state index in [-0.39, 0.29) is 10.6 Å². The summed E-state index contributed by atoms with van der Waals surface area (Å²) in [5, 5.41) is 14.4. The van der Waals surface area contributed by atoms with Crippen LogP contribution in [0.4, 0.5) is 11.4 Å². The molecule has 5 nitrogen and oxygen atoms in total. The van der Waals surface area contributed by atoms with E-state index in [4.69, 9.17) is 4.74 Å². The summed E-state index contributed by atoms with van der Waals surface area (Å²) < 4.78 is 5.32. The van der Waals surface area contributed by atoms with Crippen LogP contribution in [0.1, 0.15) is 40.0 Å². The molecule has 1 aromatic rings. The van der Waals surface area contributed by atoms with Crippen LogP contribution in [0.5, 0.6) is 5.75 Å². The first-order valence-electron chi connectivity index (χ1n) is 7.40. The van der Waals surface area contributed by atoms with Gasteiger partial charge in [-0.2, -0.15) is 0 Å². The zero-order valence-corrected chi connectivity index (χ0v) is 13.2. The van der Waals surface area contributed by atoms with Crippen LogP contribution >= 0.6 is 0 Å². The first kappa shape index (κ1) is 15.6. The number of nitrogens with one attached hydrogen (secondary N) is 1. The highest BCUT2D eigenvalue weighted by Gasteiger charge is 2.32. The fourth-order valence-corrected chi connectivity index (χ4v) is 3.60. The Kier molecular flexibility index (Phi) is 4.40. The van der Waals surface area contributed by atoms with Crippen LogP contribution < -0.4 is 10.1 Å². The van der Waals surface area contributed by atoms with Gasteiger partial charge < -0.3 is 10.1 Å². The lowest BCUT2D eigenvalue weighted by Gasteiger charge is -2.39. The van der Waals surface area contributed by atoms with Crippen LogP contribution in [0.15, 0.2) is 18.2 Å². The first-order chi connectivity index (χ1) is 9.80. The smallest absolute Gasteiger partial charge is 0.271 e. The highest BCUT2D eigenvalue weighted by molar-refractivity contribution is 5.62. The molecule has 2 unspecified atom stereocenters. The Labute approximate surface area is 125 Å². The zero-order chi connectivity index (χ0) is 15.6. The van der Waals surface area contributed by atoms with Crippen molar-refractivity contribution in [3.8, 4) is 5.75 Å². The van der Waals surface area contributed by atoms with Crippen LogP contribution in [-0.2, 0) is 0 Å². The van der Waals surface area contributed by atoms with Crippen molar-refractivity contribution < 1.29 is 9.66 Å². The molecule has 0 radical (unpaired) electrons. The molecular weight excluding hydrogens is 268 g/mol. The number of anilines is 1. The third kappa shape index (κ3) is 3.86. The average Bonchev–Trinajstić information content (AvgIpc) is 2.36. The van der Waals surface area contributed by atoms with E-state index in [0.717, 1.165) is 12.8 Å². The van der Waals surface area contributed by atoms with E-state index in [1.54, 1.807) is 19.2 Å². The van der Waals surface area contributed by atoms with Crippen molar-refractivity contribution in [2.75, 3.05) is 12.4 Å². The maximum absolute atomic E-state index is 10.9. The van der Waals surface area contributed by atoms with Crippen molar-refractivity contribution in [1.29, 1.82) is 0 Å². The van der Waals surface area contributed by atoms with Crippen molar-refractivity contribution in [2.45, 2.75) is 46.1 Å². The highest BCUT2D eigenvalue weighted by Crippen LogP contribution is 2.40. The number of benzene rings is 1. The van der Waals surface area contributed by atoms with Gasteiger partial charge in [-0.3, -0.25) is 10.1 Å². The summed E-state index contributed by atoms with van der Waals surface area (Å²) in [6.45, 7) is 6.82. The number of nitrogens with zero attached hydrogens (tertiary/aromatic N) is 1. The molecule has 1 saturated carbocycles. The van der Waals surface area contributed by atoms with Crippen molar-refractivity contribution in [2.24, 2.45) is 11.3 Å². The van der Waals surface area contributed by atoms with Gasteiger partial charge in [0, 0.05) is 18.2 Å². The van der Waals surface area contributed by atoms with Crippen LogP contribution in [0.3, 0.4) is 0 Å². The van der Waals surface area contributed by atoms with E-state index >= 15 is 0 Å². The Balaban J connectivity index is 2.21. The largest absolute Gasteiger partial charge is 0.495 e. The molecule has 1 aromatic carbocycles. The minimum Gasteiger partial charge on any atom is -0.495 e. The Morgan fingerprint density at radius 2 is 2.10 bits per heavy atom. The molecule has 1 fully saturated rings. The normalized spacial score (nSPS) is 24.4. The summed E-state index contributed by atoms with van der Waals surface area (Å²) in [7, 11) is 1.58. The van der Waals surface area contributed by atoms with Crippen LogP contribution in [0.25, 0.3) is 0 Å². The summed E-state index contributed by atoms with van der Waals surface area (Å²) in [5.74, 6) is 1.30. The summed E-state index contributed by atoms with van der Waals surface area (Å²) in [6.07, 6.45) is 3.36. The number of non-ortho nitro benzene ring substituents is 1. The third-order valence-corrected chi connectivity index (χ3v) is 4.14. The monoisotopic (exact) mass is 292 g/mol. The molecular formula is C16H24N2O3. The molecule has 0 aromatic heterocycles. The molecule has 0 spiro atoms. The second kappa shape index (κ2) is 5.92. The molecule has 0 saturated heterocycles. The van der Waals surface area contributed by atoms with Gasteiger partial charge in [0.15, 0.2) is 0 Å². The quantitative estimate of drug-likeness (QED) is 0.666. The summed E-state index contributed by atoms with van der Waals surface area (Å²) in [4.78, 5) is 10.6. The number of hydrogen-bond acceptors (Lipinski definition) is 4. The second-order valence-corrected chi connectivity index (χ2v) is 6.90. The molecule has 116 valence electrons. The van der Waals surface area contributed by atoms with Gasteiger partial charge in [0.25, 0.3) is 5.69 Å². The van der Waals surface area contributed by atoms with E-state index in [9.17, 15) is 10.1 Å². The number of methoxy groups -OCH3 is 1. The second-order valence-electron chi connectivity index (χ2n) is 6.90. The lowest BCUT2D eigenvalue weighted by atomic mass is 9.70. The predicted molar refractivity (Wildman–Crippen MR) is 83.9 cm³/mol. The van der Waals surface area contributed by atoms with Crippen molar-refractivity contribution >= 4 is 11.4 Å². The standard InChI is InChI=1S/C16H24N2O3/c1-11-7-12(10-16(2,3)9-11)17-14-8-13(18(19)20)5-6-15(14)21-4/h5-6,8,11-12,17H,7,9-10H2,1-4H3. The van der Waals surface area contributed by atoms with Gasteiger partial charge in [0.1, 0.15) is 5.75 Å². The summed E-state index contributed by atoms with van der Waals surface area (Å²) in [5.41, 5.74) is 1.09. The van der Waals surface area contributed by atoms with Crippen LogP contribution in [0.2, 0.25) is 0 Å². The highest BCUT2D eigenvalue weighted by atomic mass is 16.6. The fraction of sp³-hybridized carbons (Fsp3) is 0.625.